The number of imidazole rings is 1. The molecule has 0 saturated heterocycles. The number of hydrogen-bond donors (Lipinski definition) is 0. The maximum Gasteiger partial charge on any atom is 0.162 e. The normalized spacial score (nSPS) is 25.3. The Balaban J connectivity index is 1.47. The van der Waals surface area contributed by atoms with Gasteiger partial charge < -0.3 is 0 Å². The van der Waals surface area contributed by atoms with Gasteiger partial charge in [0.05, 0.1) is 33.7 Å². The van der Waals surface area contributed by atoms with E-state index in [0.29, 0.717) is 0 Å². The fourth-order valence-corrected chi connectivity index (χ4v) is 8.04. The van der Waals surface area contributed by atoms with Gasteiger partial charge in [-0.2, -0.15) is 10.2 Å². The lowest BCUT2D eigenvalue weighted by Gasteiger charge is -2.45. The average Bonchev–Trinajstić information content (AvgIpc) is 3.47. The Bertz CT molecular complexity index is 1680. The average molecular weight is 557 g/mol. The molecule has 2 unspecified atom stereocenters. The number of hydrogen-bond acceptors (Lipinski definition) is 6. The van der Waals surface area contributed by atoms with Crippen LogP contribution in [0.15, 0.2) is 12.7 Å². The second-order valence-corrected chi connectivity index (χ2v) is 16.5. The van der Waals surface area contributed by atoms with E-state index in [1.165, 1.54) is 5.39 Å². The van der Waals surface area contributed by atoms with Crippen LogP contribution in [0.5, 0.6) is 0 Å². The van der Waals surface area contributed by atoms with Crippen molar-refractivity contribution in [2.45, 2.75) is 148 Å². The molecule has 0 aromatic carbocycles. The van der Waals surface area contributed by atoms with Crippen LogP contribution >= 0.6 is 0 Å². The van der Waals surface area contributed by atoms with Gasteiger partial charge in [-0.25, -0.2) is 29.1 Å². The molecule has 8 nitrogen and oxygen atoms in total. The van der Waals surface area contributed by atoms with Crippen molar-refractivity contribution in [3.05, 3.63) is 41.3 Å². The van der Waals surface area contributed by atoms with Crippen molar-refractivity contribution < 1.29 is 0 Å². The minimum atomic E-state index is -0.132. The minimum absolute atomic E-state index is 0.0810. The van der Waals surface area contributed by atoms with E-state index in [2.05, 4.69) is 92.3 Å². The van der Waals surface area contributed by atoms with Gasteiger partial charge in [0.2, 0.25) is 0 Å². The maximum atomic E-state index is 5.38. The SMILES string of the molecule is CCC(C)(C)n1nc2c3c(ncnc31)C(C)(C)CC2(C)CCC1(C)CC(C)(C)c2nc(C(C)(C)C)n3ncnc1c23. The number of aromatic nitrogens is 8. The molecule has 2 aliphatic rings. The third kappa shape index (κ3) is 3.98. The molecule has 2 aliphatic carbocycles. The molecular weight excluding hydrogens is 508 g/mol. The van der Waals surface area contributed by atoms with Gasteiger partial charge in [0.1, 0.15) is 24.0 Å². The maximum absolute atomic E-state index is 5.38. The largest absolute Gasteiger partial charge is 0.241 e. The molecule has 4 aromatic heterocycles. The first-order chi connectivity index (χ1) is 18.8. The first-order valence-electron chi connectivity index (χ1n) is 15.4. The molecule has 2 atom stereocenters. The Kier molecular flexibility index (Phi) is 5.75. The minimum Gasteiger partial charge on any atom is -0.241 e. The second kappa shape index (κ2) is 8.35. The van der Waals surface area contributed by atoms with Gasteiger partial charge in [0.15, 0.2) is 5.65 Å². The summed E-state index contributed by atoms with van der Waals surface area (Å²) < 4.78 is 4.25. The van der Waals surface area contributed by atoms with Crippen LogP contribution in [0, 0.1) is 0 Å². The van der Waals surface area contributed by atoms with E-state index in [0.717, 1.165) is 71.9 Å². The summed E-state index contributed by atoms with van der Waals surface area (Å²) in [6, 6.07) is 0. The molecule has 0 bridgehead atoms. The van der Waals surface area contributed by atoms with E-state index in [1.807, 2.05) is 0 Å². The highest BCUT2D eigenvalue weighted by Gasteiger charge is 2.50. The fourth-order valence-electron chi connectivity index (χ4n) is 8.04. The zero-order chi connectivity index (χ0) is 30.0. The molecule has 0 amide bonds. The summed E-state index contributed by atoms with van der Waals surface area (Å²) in [7, 11) is 0. The van der Waals surface area contributed by atoms with Gasteiger partial charge in [-0.15, -0.1) is 0 Å². The lowest BCUT2D eigenvalue weighted by molar-refractivity contribution is 0.223. The van der Waals surface area contributed by atoms with Crippen LogP contribution in [-0.4, -0.2) is 39.3 Å². The lowest BCUT2D eigenvalue weighted by atomic mass is 9.59. The van der Waals surface area contributed by atoms with Crippen molar-refractivity contribution >= 4 is 16.6 Å². The summed E-state index contributed by atoms with van der Waals surface area (Å²) in [5, 5.41) is 11.3. The number of rotatable bonds is 5. The Morgan fingerprint density at radius 2 is 1.34 bits per heavy atom. The van der Waals surface area contributed by atoms with Gasteiger partial charge in [-0.1, -0.05) is 69.2 Å². The Morgan fingerprint density at radius 1 is 0.756 bits per heavy atom. The first kappa shape index (κ1) is 28.2. The fraction of sp³-hybridized carbons (Fsp3) is 0.697. The highest BCUT2D eigenvalue weighted by atomic mass is 15.4. The van der Waals surface area contributed by atoms with E-state index in [4.69, 9.17) is 30.1 Å². The van der Waals surface area contributed by atoms with Crippen molar-refractivity contribution in [3.8, 4) is 0 Å². The van der Waals surface area contributed by atoms with Crippen LogP contribution in [0.3, 0.4) is 0 Å². The summed E-state index contributed by atoms with van der Waals surface area (Å²) in [5.41, 5.74) is 5.98. The van der Waals surface area contributed by atoms with Gasteiger partial charge in [-0.05, 0) is 46.0 Å². The predicted molar refractivity (Wildman–Crippen MR) is 164 cm³/mol. The Hall–Kier alpha value is -2.90. The van der Waals surface area contributed by atoms with E-state index in [9.17, 15) is 0 Å². The molecule has 0 radical (unpaired) electrons. The van der Waals surface area contributed by atoms with Gasteiger partial charge in [-0.3, -0.25) is 0 Å². The zero-order valence-electron chi connectivity index (χ0n) is 27.3. The van der Waals surface area contributed by atoms with E-state index in [1.54, 1.807) is 12.7 Å². The zero-order valence-corrected chi connectivity index (χ0v) is 27.3. The molecule has 0 spiro atoms. The van der Waals surface area contributed by atoms with Gasteiger partial charge in [0.25, 0.3) is 0 Å². The van der Waals surface area contributed by atoms with Gasteiger partial charge >= 0.3 is 0 Å². The molecule has 6 rings (SSSR count). The molecule has 0 N–H and O–H groups in total. The van der Waals surface area contributed by atoms with Crippen molar-refractivity contribution in [3.63, 3.8) is 0 Å². The summed E-state index contributed by atoms with van der Waals surface area (Å²) >= 11 is 0. The van der Waals surface area contributed by atoms with Crippen LogP contribution in [0.4, 0.5) is 0 Å². The highest BCUT2D eigenvalue weighted by Crippen LogP contribution is 2.54. The van der Waals surface area contributed by atoms with Crippen molar-refractivity contribution in [1.82, 2.24) is 39.3 Å². The lowest BCUT2D eigenvalue weighted by Crippen LogP contribution is -2.42. The topological polar surface area (TPSA) is 86.7 Å². The summed E-state index contributed by atoms with van der Waals surface area (Å²) in [6.07, 6.45) is 8.43. The summed E-state index contributed by atoms with van der Waals surface area (Å²) in [5.74, 6) is 1.01. The molecule has 4 heterocycles. The van der Waals surface area contributed by atoms with Crippen LogP contribution < -0.4 is 0 Å². The van der Waals surface area contributed by atoms with Crippen LogP contribution in [0.25, 0.3) is 16.6 Å². The molecule has 0 aliphatic heterocycles. The van der Waals surface area contributed by atoms with Crippen molar-refractivity contribution in [2.75, 3.05) is 0 Å². The molecule has 220 valence electrons. The van der Waals surface area contributed by atoms with Gasteiger partial charge in [0, 0.05) is 27.1 Å². The molecule has 8 heteroatoms. The highest BCUT2D eigenvalue weighted by molar-refractivity contribution is 5.84. The molecule has 0 saturated carbocycles. The first-order valence-corrected chi connectivity index (χ1v) is 15.4. The van der Waals surface area contributed by atoms with Crippen molar-refractivity contribution in [2.24, 2.45) is 0 Å². The quantitative estimate of drug-likeness (QED) is 0.261. The summed E-state index contributed by atoms with van der Waals surface area (Å²) in [4.78, 5) is 19.8. The Labute approximate surface area is 244 Å². The molecular formula is C33H48N8. The van der Waals surface area contributed by atoms with Crippen LogP contribution in [0.2, 0.25) is 0 Å². The summed E-state index contributed by atoms with van der Waals surface area (Å²) in [6.45, 7) is 27.6. The molecule has 0 fully saturated rings. The monoisotopic (exact) mass is 556 g/mol. The standard InChI is InChI=1S/C33H48N8/c1-13-31(9,10)41-26-20-22(34-18-36-26)29(5,6)16-32(11,23(20)39-41)14-15-33(12)17-30(7,8)24-21-25(33)35-19-37-40(21)27(38-24)28(2,3)4/h18-19H,13-17H2,1-12H3. The Morgan fingerprint density at radius 3 is 1.95 bits per heavy atom. The predicted octanol–water partition coefficient (Wildman–Crippen LogP) is 7.07. The molecule has 4 aromatic rings. The van der Waals surface area contributed by atoms with E-state index < -0.39 is 0 Å². The smallest absolute Gasteiger partial charge is 0.162 e. The molecule has 41 heavy (non-hydrogen) atoms. The number of nitrogens with zero attached hydrogens (tertiary/aromatic N) is 8. The second-order valence-electron chi connectivity index (χ2n) is 16.5. The van der Waals surface area contributed by atoms with Crippen LogP contribution in [-0.2, 0) is 32.6 Å². The van der Waals surface area contributed by atoms with Crippen LogP contribution in [0.1, 0.15) is 144 Å². The third-order valence-electron chi connectivity index (χ3n) is 10.3. The van der Waals surface area contributed by atoms with E-state index in [-0.39, 0.29) is 32.6 Å². The third-order valence-corrected chi connectivity index (χ3v) is 10.3. The van der Waals surface area contributed by atoms with E-state index >= 15 is 0 Å². The van der Waals surface area contributed by atoms with Crippen molar-refractivity contribution in [1.29, 1.82) is 0 Å².